The van der Waals surface area contributed by atoms with Crippen molar-refractivity contribution in [3.05, 3.63) is 32.5 Å². The number of fused-ring (bicyclic) bond motifs is 1. The van der Waals surface area contributed by atoms with Crippen molar-refractivity contribution in [3.8, 4) is 0 Å². The van der Waals surface area contributed by atoms with Crippen molar-refractivity contribution in [2.45, 2.75) is 25.7 Å². The van der Waals surface area contributed by atoms with Crippen LogP contribution >= 0.6 is 34.2 Å². The van der Waals surface area contributed by atoms with Crippen molar-refractivity contribution in [1.29, 1.82) is 0 Å². The third-order valence-corrected chi connectivity index (χ3v) is 5.31. The second-order valence-corrected chi connectivity index (χ2v) is 7.61. The van der Waals surface area contributed by atoms with Crippen LogP contribution < -0.4 is 5.32 Å². The first-order valence-electron chi connectivity index (χ1n) is 7.93. The van der Waals surface area contributed by atoms with E-state index in [1.54, 1.807) is 0 Å². The smallest absolute Gasteiger partial charge is 0.220 e. The molecule has 124 valence electrons. The first-order chi connectivity index (χ1) is 11.1. The fourth-order valence-corrected chi connectivity index (χ4v) is 4.24. The van der Waals surface area contributed by atoms with Crippen molar-refractivity contribution in [3.63, 3.8) is 0 Å². The first kappa shape index (κ1) is 17.0. The Morgan fingerprint density at radius 2 is 2.35 bits per heavy atom. The average Bonchev–Trinajstić information content (AvgIpc) is 2.92. The van der Waals surface area contributed by atoms with E-state index < -0.39 is 0 Å². The molecule has 2 aromatic rings. The van der Waals surface area contributed by atoms with Gasteiger partial charge in [0.05, 0.1) is 5.52 Å². The van der Waals surface area contributed by atoms with Crippen LogP contribution in [0.25, 0.3) is 10.9 Å². The van der Waals surface area contributed by atoms with E-state index in [2.05, 4.69) is 32.9 Å². The summed E-state index contributed by atoms with van der Waals surface area (Å²) in [5, 5.41) is 4.89. The monoisotopic (exact) mass is 446 g/mol. The number of benzene rings is 1. The zero-order valence-electron chi connectivity index (χ0n) is 12.8. The molecule has 0 spiro atoms. The van der Waals surface area contributed by atoms with E-state index in [1.807, 2.05) is 18.3 Å². The average molecular weight is 447 g/mol. The van der Waals surface area contributed by atoms with Gasteiger partial charge in [-0.1, -0.05) is 11.6 Å². The SMILES string of the molecule is O=C(C[C@@H]1CCCOC1)NCCc1c[nH]c2c(I)cc(Cl)cc12. The Bertz CT molecular complexity index is 695. The molecule has 1 saturated heterocycles. The topological polar surface area (TPSA) is 54.1 Å². The van der Waals surface area contributed by atoms with E-state index in [-0.39, 0.29) is 5.91 Å². The number of amides is 1. The Morgan fingerprint density at radius 3 is 3.13 bits per heavy atom. The predicted octanol–water partition coefficient (Wildman–Crippen LogP) is 3.90. The number of aromatic nitrogens is 1. The minimum atomic E-state index is 0.118. The van der Waals surface area contributed by atoms with E-state index in [0.717, 1.165) is 45.4 Å². The Kier molecular flexibility index (Phi) is 5.82. The molecule has 1 aromatic heterocycles. The van der Waals surface area contributed by atoms with Crippen LogP contribution in [0.2, 0.25) is 5.02 Å². The van der Waals surface area contributed by atoms with E-state index >= 15 is 0 Å². The lowest BCUT2D eigenvalue weighted by Crippen LogP contribution is -2.30. The van der Waals surface area contributed by atoms with E-state index in [9.17, 15) is 4.79 Å². The largest absolute Gasteiger partial charge is 0.381 e. The number of rotatable bonds is 5. The molecule has 23 heavy (non-hydrogen) atoms. The molecule has 4 nitrogen and oxygen atoms in total. The molecule has 6 heteroatoms. The number of aromatic amines is 1. The highest BCUT2D eigenvalue weighted by atomic mass is 127. The van der Waals surface area contributed by atoms with Gasteiger partial charge in [-0.3, -0.25) is 4.79 Å². The zero-order valence-corrected chi connectivity index (χ0v) is 15.7. The van der Waals surface area contributed by atoms with Gasteiger partial charge < -0.3 is 15.0 Å². The van der Waals surface area contributed by atoms with Gasteiger partial charge in [-0.05, 0) is 65.5 Å². The minimum Gasteiger partial charge on any atom is -0.381 e. The first-order valence-corrected chi connectivity index (χ1v) is 9.38. The number of nitrogens with one attached hydrogen (secondary N) is 2. The van der Waals surface area contributed by atoms with Crippen LogP contribution in [0.4, 0.5) is 0 Å². The van der Waals surface area contributed by atoms with Crippen LogP contribution in [-0.2, 0) is 16.0 Å². The highest BCUT2D eigenvalue weighted by Crippen LogP contribution is 2.27. The van der Waals surface area contributed by atoms with Gasteiger partial charge in [0, 0.05) is 46.4 Å². The Labute approximate surface area is 154 Å². The molecular weight excluding hydrogens is 427 g/mol. The summed E-state index contributed by atoms with van der Waals surface area (Å²) >= 11 is 8.42. The fourth-order valence-electron chi connectivity index (χ4n) is 3.06. The van der Waals surface area contributed by atoms with E-state index in [1.165, 1.54) is 5.56 Å². The summed E-state index contributed by atoms with van der Waals surface area (Å²) in [5.74, 6) is 0.491. The molecule has 0 bridgehead atoms. The van der Waals surface area contributed by atoms with E-state index in [4.69, 9.17) is 16.3 Å². The van der Waals surface area contributed by atoms with E-state index in [0.29, 0.717) is 25.5 Å². The maximum absolute atomic E-state index is 12.0. The summed E-state index contributed by atoms with van der Waals surface area (Å²) in [5.41, 5.74) is 2.29. The van der Waals surface area contributed by atoms with Crippen molar-refractivity contribution < 1.29 is 9.53 Å². The van der Waals surface area contributed by atoms with Gasteiger partial charge in [0.15, 0.2) is 0 Å². The number of hydrogen-bond acceptors (Lipinski definition) is 2. The molecule has 0 unspecified atom stereocenters. The lowest BCUT2D eigenvalue weighted by molar-refractivity contribution is -0.123. The van der Waals surface area contributed by atoms with Gasteiger partial charge >= 0.3 is 0 Å². The van der Waals surface area contributed by atoms with Gasteiger partial charge in [-0.2, -0.15) is 0 Å². The molecule has 1 amide bonds. The molecule has 3 rings (SSSR count). The summed E-state index contributed by atoms with van der Waals surface area (Å²) in [6.45, 7) is 2.19. The summed E-state index contributed by atoms with van der Waals surface area (Å²) in [4.78, 5) is 15.3. The maximum atomic E-state index is 12.0. The number of carbonyl (C=O) groups excluding carboxylic acids is 1. The molecule has 1 aromatic carbocycles. The van der Waals surface area contributed by atoms with Crippen LogP contribution in [0.5, 0.6) is 0 Å². The van der Waals surface area contributed by atoms with Crippen LogP contribution in [0.15, 0.2) is 18.3 Å². The quantitative estimate of drug-likeness (QED) is 0.685. The molecule has 1 aliphatic heterocycles. The van der Waals surface area contributed by atoms with Crippen LogP contribution in [0.3, 0.4) is 0 Å². The molecule has 1 fully saturated rings. The van der Waals surface area contributed by atoms with Gasteiger partial charge in [-0.25, -0.2) is 0 Å². The number of halogens is 2. The summed E-state index contributed by atoms with van der Waals surface area (Å²) in [7, 11) is 0. The fraction of sp³-hybridized carbons (Fsp3) is 0.471. The lowest BCUT2D eigenvalue weighted by Gasteiger charge is -2.21. The third-order valence-electron chi connectivity index (χ3n) is 4.24. The lowest BCUT2D eigenvalue weighted by atomic mass is 9.98. The predicted molar refractivity (Wildman–Crippen MR) is 101 cm³/mol. The highest BCUT2D eigenvalue weighted by molar-refractivity contribution is 14.1. The number of ether oxygens (including phenoxy) is 1. The molecule has 0 radical (unpaired) electrons. The van der Waals surface area contributed by atoms with Gasteiger partial charge in [0.2, 0.25) is 5.91 Å². The molecule has 0 aliphatic carbocycles. The Balaban J connectivity index is 1.53. The van der Waals surface area contributed by atoms with Gasteiger partial charge in [0.1, 0.15) is 0 Å². The zero-order chi connectivity index (χ0) is 16.2. The molecule has 1 atom stereocenters. The highest BCUT2D eigenvalue weighted by Gasteiger charge is 2.17. The summed E-state index contributed by atoms with van der Waals surface area (Å²) < 4.78 is 6.53. The standard InChI is InChI=1S/C17H20ClIN2O2/c18-13-7-14-12(9-21-17(14)15(19)8-13)3-4-20-16(22)6-11-2-1-5-23-10-11/h7-9,11,21H,1-6,10H2,(H,20,22)/t11-/m0/s1. The Morgan fingerprint density at radius 1 is 1.48 bits per heavy atom. The number of hydrogen-bond donors (Lipinski definition) is 2. The second kappa shape index (κ2) is 7.85. The molecular formula is C17H20ClIN2O2. The van der Waals surface area contributed by atoms with Gasteiger partial charge in [-0.15, -0.1) is 0 Å². The maximum Gasteiger partial charge on any atom is 0.220 e. The molecule has 1 aliphatic rings. The Hall–Kier alpha value is -0.790. The van der Waals surface area contributed by atoms with Crippen LogP contribution in [-0.4, -0.2) is 30.6 Å². The third kappa shape index (κ3) is 4.39. The second-order valence-electron chi connectivity index (χ2n) is 6.01. The molecule has 2 heterocycles. The van der Waals surface area contributed by atoms with Crippen LogP contribution in [0, 0.1) is 9.49 Å². The van der Waals surface area contributed by atoms with Crippen molar-refractivity contribution in [2.75, 3.05) is 19.8 Å². The minimum absolute atomic E-state index is 0.118. The normalized spacial score (nSPS) is 18.3. The number of carbonyl (C=O) groups is 1. The molecule has 0 saturated carbocycles. The number of H-pyrrole nitrogens is 1. The van der Waals surface area contributed by atoms with Crippen LogP contribution in [0.1, 0.15) is 24.8 Å². The van der Waals surface area contributed by atoms with Crippen molar-refractivity contribution in [1.82, 2.24) is 10.3 Å². The van der Waals surface area contributed by atoms with Gasteiger partial charge in [0.25, 0.3) is 0 Å². The van der Waals surface area contributed by atoms with Crippen molar-refractivity contribution >= 4 is 51.0 Å². The summed E-state index contributed by atoms with van der Waals surface area (Å²) in [6, 6.07) is 3.92. The molecule has 2 N–H and O–H groups in total. The van der Waals surface area contributed by atoms with Crippen molar-refractivity contribution in [2.24, 2.45) is 5.92 Å². The summed E-state index contributed by atoms with van der Waals surface area (Å²) in [6.07, 6.45) is 5.52.